The van der Waals surface area contributed by atoms with Crippen molar-refractivity contribution in [1.82, 2.24) is 19.9 Å². The van der Waals surface area contributed by atoms with E-state index in [1.54, 1.807) is 12.5 Å². The number of aryl methyl sites for hydroxylation is 1. The fourth-order valence-corrected chi connectivity index (χ4v) is 3.05. The lowest BCUT2D eigenvalue weighted by atomic mass is 10.2. The number of nitrogens with zero attached hydrogens (tertiary/aromatic N) is 5. The predicted octanol–water partition coefficient (Wildman–Crippen LogP) is 2.76. The quantitative estimate of drug-likeness (QED) is 0.731. The molecular formula is C19H21N5O. The van der Waals surface area contributed by atoms with Crippen molar-refractivity contribution >= 4 is 5.82 Å². The van der Waals surface area contributed by atoms with Crippen molar-refractivity contribution in [3.05, 3.63) is 60.6 Å². The van der Waals surface area contributed by atoms with Crippen molar-refractivity contribution in [3.8, 4) is 11.3 Å². The second-order valence-corrected chi connectivity index (χ2v) is 6.27. The summed E-state index contributed by atoms with van der Waals surface area (Å²) in [6.45, 7) is 6.49. The maximum absolute atomic E-state index is 5.66. The first-order valence-corrected chi connectivity index (χ1v) is 8.54. The maximum atomic E-state index is 5.66. The molecule has 1 saturated heterocycles. The minimum atomic E-state index is 0.736. The van der Waals surface area contributed by atoms with Crippen LogP contribution in [0.15, 0.2) is 53.4 Å². The SMILES string of the molecule is Cc1cncc(N2CCN(Cc3nc(-c4ccccc4)co3)CC2)n1. The molecule has 4 rings (SSSR count). The van der Waals surface area contributed by atoms with Crippen LogP contribution < -0.4 is 4.90 Å². The van der Waals surface area contributed by atoms with E-state index >= 15 is 0 Å². The minimum absolute atomic E-state index is 0.736. The summed E-state index contributed by atoms with van der Waals surface area (Å²) in [7, 11) is 0. The molecule has 1 aliphatic heterocycles. The van der Waals surface area contributed by atoms with Gasteiger partial charge >= 0.3 is 0 Å². The highest BCUT2D eigenvalue weighted by molar-refractivity contribution is 5.57. The standard InChI is InChI=1S/C19H21N5O/c1-15-11-20-12-18(21-15)24-9-7-23(8-10-24)13-19-22-17(14-25-19)16-5-3-2-4-6-16/h2-6,11-12,14H,7-10,13H2,1H3. The van der Waals surface area contributed by atoms with Crippen LogP contribution in [-0.2, 0) is 6.54 Å². The van der Waals surface area contributed by atoms with Gasteiger partial charge in [0.1, 0.15) is 17.8 Å². The van der Waals surface area contributed by atoms with E-state index in [9.17, 15) is 0 Å². The summed E-state index contributed by atoms with van der Waals surface area (Å²) in [6.07, 6.45) is 5.36. The molecule has 6 heteroatoms. The number of rotatable bonds is 4. The van der Waals surface area contributed by atoms with Gasteiger partial charge in [0.2, 0.25) is 5.89 Å². The van der Waals surface area contributed by atoms with E-state index in [2.05, 4.69) is 24.8 Å². The highest BCUT2D eigenvalue weighted by atomic mass is 16.3. The topological polar surface area (TPSA) is 58.3 Å². The first kappa shape index (κ1) is 15.8. The van der Waals surface area contributed by atoms with E-state index in [1.807, 2.05) is 43.5 Å². The number of anilines is 1. The number of aromatic nitrogens is 3. The Labute approximate surface area is 147 Å². The van der Waals surface area contributed by atoms with Crippen LogP contribution in [0.25, 0.3) is 11.3 Å². The Bertz CT molecular complexity index is 825. The second kappa shape index (κ2) is 7.03. The number of benzene rings is 1. The molecule has 128 valence electrons. The van der Waals surface area contributed by atoms with Crippen molar-refractivity contribution < 1.29 is 4.42 Å². The van der Waals surface area contributed by atoms with Gasteiger partial charge in [-0.2, -0.15) is 0 Å². The van der Waals surface area contributed by atoms with Gasteiger partial charge in [0.25, 0.3) is 0 Å². The fourth-order valence-electron chi connectivity index (χ4n) is 3.05. The van der Waals surface area contributed by atoms with E-state index in [0.29, 0.717) is 0 Å². The molecule has 0 saturated carbocycles. The molecule has 0 aliphatic carbocycles. The largest absolute Gasteiger partial charge is 0.447 e. The highest BCUT2D eigenvalue weighted by Gasteiger charge is 2.20. The molecule has 0 atom stereocenters. The summed E-state index contributed by atoms with van der Waals surface area (Å²) in [6, 6.07) is 10.1. The van der Waals surface area contributed by atoms with Crippen molar-refractivity contribution in [1.29, 1.82) is 0 Å². The van der Waals surface area contributed by atoms with Crippen LogP contribution >= 0.6 is 0 Å². The lowest BCUT2D eigenvalue weighted by Gasteiger charge is -2.34. The normalized spacial score (nSPS) is 15.5. The summed E-state index contributed by atoms with van der Waals surface area (Å²) in [5.41, 5.74) is 2.93. The zero-order valence-electron chi connectivity index (χ0n) is 14.3. The van der Waals surface area contributed by atoms with Gasteiger partial charge in [-0.1, -0.05) is 30.3 Å². The first-order chi connectivity index (χ1) is 12.3. The number of piperazine rings is 1. The van der Waals surface area contributed by atoms with Crippen molar-refractivity contribution in [2.75, 3.05) is 31.1 Å². The molecule has 1 aromatic carbocycles. The fraction of sp³-hybridized carbons (Fsp3) is 0.316. The van der Waals surface area contributed by atoms with Gasteiger partial charge in [-0.05, 0) is 6.92 Å². The summed E-state index contributed by atoms with van der Waals surface area (Å²) in [4.78, 5) is 18.1. The average molecular weight is 335 g/mol. The maximum Gasteiger partial charge on any atom is 0.208 e. The molecule has 3 heterocycles. The van der Waals surface area contributed by atoms with Crippen molar-refractivity contribution in [2.45, 2.75) is 13.5 Å². The summed E-state index contributed by atoms with van der Waals surface area (Å²) in [5, 5.41) is 0. The summed E-state index contributed by atoms with van der Waals surface area (Å²) in [5.74, 6) is 1.73. The summed E-state index contributed by atoms with van der Waals surface area (Å²) >= 11 is 0. The Morgan fingerprint density at radius 2 is 1.80 bits per heavy atom. The molecule has 0 unspecified atom stereocenters. The second-order valence-electron chi connectivity index (χ2n) is 6.27. The van der Waals surface area contributed by atoms with E-state index < -0.39 is 0 Å². The van der Waals surface area contributed by atoms with Gasteiger partial charge in [0.05, 0.1) is 18.4 Å². The molecule has 1 aliphatic rings. The molecule has 0 amide bonds. The molecular weight excluding hydrogens is 314 g/mol. The molecule has 0 spiro atoms. The monoisotopic (exact) mass is 335 g/mol. The van der Waals surface area contributed by atoms with Crippen LogP contribution in [0.1, 0.15) is 11.6 Å². The Kier molecular flexibility index (Phi) is 4.43. The van der Waals surface area contributed by atoms with Crippen molar-refractivity contribution in [3.63, 3.8) is 0 Å². The molecule has 0 N–H and O–H groups in total. The Balaban J connectivity index is 1.35. The van der Waals surface area contributed by atoms with Crippen LogP contribution in [0.2, 0.25) is 0 Å². The van der Waals surface area contributed by atoms with Crippen molar-refractivity contribution in [2.24, 2.45) is 0 Å². The molecule has 25 heavy (non-hydrogen) atoms. The van der Waals surface area contributed by atoms with Crippen LogP contribution in [0.5, 0.6) is 0 Å². The predicted molar refractivity (Wildman–Crippen MR) is 96.2 cm³/mol. The van der Waals surface area contributed by atoms with E-state index in [0.717, 1.165) is 61.4 Å². The third kappa shape index (κ3) is 3.69. The zero-order valence-corrected chi connectivity index (χ0v) is 14.3. The minimum Gasteiger partial charge on any atom is -0.447 e. The first-order valence-electron chi connectivity index (χ1n) is 8.54. The van der Waals surface area contributed by atoms with E-state index in [-0.39, 0.29) is 0 Å². The van der Waals surface area contributed by atoms with Gasteiger partial charge in [-0.15, -0.1) is 0 Å². The molecule has 0 bridgehead atoms. The smallest absolute Gasteiger partial charge is 0.208 e. The van der Waals surface area contributed by atoms with Gasteiger partial charge in [0, 0.05) is 37.9 Å². The van der Waals surface area contributed by atoms with Crippen LogP contribution in [0.3, 0.4) is 0 Å². The molecule has 6 nitrogen and oxygen atoms in total. The third-order valence-electron chi connectivity index (χ3n) is 4.42. The molecule has 0 radical (unpaired) electrons. The summed E-state index contributed by atoms with van der Waals surface area (Å²) < 4.78 is 5.66. The van der Waals surface area contributed by atoms with Gasteiger partial charge in [-0.3, -0.25) is 9.88 Å². The zero-order chi connectivity index (χ0) is 17.1. The van der Waals surface area contributed by atoms with E-state index in [4.69, 9.17) is 4.42 Å². The van der Waals surface area contributed by atoms with E-state index in [1.165, 1.54) is 0 Å². The van der Waals surface area contributed by atoms with Crippen LogP contribution in [-0.4, -0.2) is 46.0 Å². The Morgan fingerprint density at radius 1 is 1.00 bits per heavy atom. The van der Waals surface area contributed by atoms with Gasteiger partial charge in [0.15, 0.2) is 0 Å². The third-order valence-corrected chi connectivity index (χ3v) is 4.42. The van der Waals surface area contributed by atoms with Crippen LogP contribution in [0.4, 0.5) is 5.82 Å². The van der Waals surface area contributed by atoms with Gasteiger partial charge in [-0.25, -0.2) is 9.97 Å². The number of oxazole rings is 1. The Hall–Kier alpha value is -2.73. The average Bonchev–Trinajstić information content (AvgIpc) is 3.12. The number of hydrogen-bond donors (Lipinski definition) is 0. The molecule has 1 fully saturated rings. The molecule has 3 aromatic rings. The van der Waals surface area contributed by atoms with Gasteiger partial charge < -0.3 is 9.32 Å². The highest BCUT2D eigenvalue weighted by Crippen LogP contribution is 2.19. The lowest BCUT2D eigenvalue weighted by Crippen LogP contribution is -2.46. The molecule has 2 aromatic heterocycles. The van der Waals surface area contributed by atoms with Crippen LogP contribution in [0, 0.1) is 6.92 Å². The Morgan fingerprint density at radius 3 is 2.56 bits per heavy atom. The lowest BCUT2D eigenvalue weighted by molar-refractivity contribution is 0.225. The number of hydrogen-bond acceptors (Lipinski definition) is 6.